The largest absolute Gasteiger partial charge is 0.364 e. The van der Waals surface area contributed by atoms with Gasteiger partial charge in [-0.2, -0.15) is 5.26 Å². The predicted molar refractivity (Wildman–Crippen MR) is 129 cm³/mol. The van der Waals surface area contributed by atoms with Crippen molar-refractivity contribution in [2.45, 2.75) is 43.4 Å². The van der Waals surface area contributed by atoms with Gasteiger partial charge in [0.05, 0.1) is 16.9 Å². The second kappa shape index (κ2) is 11.3. The van der Waals surface area contributed by atoms with Gasteiger partial charge in [-0.3, -0.25) is 14.8 Å². The van der Waals surface area contributed by atoms with Crippen LogP contribution in [0.1, 0.15) is 51.4 Å². The summed E-state index contributed by atoms with van der Waals surface area (Å²) >= 11 is 0. The fourth-order valence-electron chi connectivity index (χ4n) is 3.76. The Balaban J connectivity index is 0.000000144. The Morgan fingerprint density at radius 2 is 1.71 bits per heavy atom. The van der Waals surface area contributed by atoms with Crippen molar-refractivity contribution >= 4 is 15.6 Å². The van der Waals surface area contributed by atoms with Gasteiger partial charge in [0.25, 0.3) is 16.4 Å². The molecule has 1 aromatic carbocycles. The Morgan fingerprint density at radius 1 is 1.03 bits per heavy atom. The number of sulfone groups is 1. The number of hydrogen-bond acceptors (Lipinski definition) is 6. The second-order valence-corrected chi connectivity index (χ2v) is 9.95. The summed E-state index contributed by atoms with van der Waals surface area (Å²) in [5.41, 5.74) is 5.42. The van der Waals surface area contributed by atoms with Crippen molar-refractivity contribution in [3.05, 3.63) is 93.8 Å². The molecule has 8 heteroatoms. The van der Waals surface area contributed by atoms with E-state index in [0.29, 0.717) is 6.42 Å². The molecule has 1 unspecified atom stereocenters. The van der Waals surface area contributed by atoms with E-state index in [9.17, 15) is 13.2 Å². The molecule has 0 bridgehead atoms. The van der Waals surface area contributed by atoms with Gasteiger partial charge in [0.15, 0.2) is 5.78 Å². The molecule has 34 heavy (non-hydrogen) atoms. The fraction of sp³-hybridized carbons (Fsp3) is 0.269. The lowest BCUT2D eigenvalue weighted by atomic mass is 10.1. The number of rotatable bonds is 2. The van der Waals surface area contributed by atoms with Crippen molar-refractivity contribution in [3.63, 3.8) is 0 Å². The Hall–Kier alpha value is -3.88. The first-order valence-corrected chi connectivity index (χ1v) is 12.5. The average molecular weight is 474 g/mol. The van der Waals surface area contributed by atoms with E-state index in [1.165, 1.54) is 5.56 Å². The molecule has 7 nitrogen and oxygen atoms in total. The number of carbonyl (C=O) groups excluding carboxylic acids is 1. The summed E-state index contributed by atoms with van der Waals surface area (Å²) in [4.78, 5) is 22.3. The van der Waals surface area contributed by atoms with E-state index >= 15 is 0 Å². The SMILES string of the molecule is C#[N+]CS(=O)(=O)c1ccc(C)cc1.N#CC1CCc2ccncc21.O=C1CCc2ccncc21. The van der Waals surface area contributed by atoms with Crippen molar-refractivity contribution in [2.24, 2.45) is 0 Å². The van der Waals surface area contributed by atoms with Crippen LogP contribution in [-0.4, -0.2) is 30.0 Å². The first kappa shape index (κ1) is 24.8. The van der Waals surface area contributed by atoms with Crippen molar-refractivity contribution in [2.75, 3.05) is 5.88 Å². The van der Waals surface area contributed by atoms with Crippen LogP contribution in [0.4, 0.5) is 0 Å². The van der Waals surface area contributed by atoms with E-state index in [0.717, 1.165) is 41.5 Å². The van der Waals surface area contributed by atoms with Crippen LogP contribution < -0.4 is 0 Å². The van der Waals surface area contributed by atoms with Crippen LogP contribution in [0.15, 0.2) is 66.1 Å². The molecule has 0 radical (unpaired) electrons. The number of nitrogens with zero attached hydrogens (tertiary/aromatic N) is 4. The summed E-state index contributed by atoms with van der Waals surface area (Å²) in [5.74, 6) is -0.0300. The summed E-state index contributed by atoms with van der Waals surface area (Å²) in [6, 6.07) is 12.8. The lowest BCUT2D eigenvalue weighted by Gasteiger charge is -1.98. The fourth-order valence-corrected chi connectivity index (χ4v) is 4.66. The summed E-state index contributed by atoms with van der Waals surface area (Å²) in [6.45, 7) is 6.72. The number of Topliss-reactive ketones (excluding diaryl/α,β-unsaturated/α-hetero) is 1. The van der Waals surface area contributed by atoms with E-state index in [2.05, 4.69) is 20.9 Å². The van der Waals surface area contributed by atoms with Crippen molar-refractivity contribution in [1.82, 2.24) is 9.97 Å². The molecular formula is C26H25N4O3S+. The molecule has 3 aromatic rings. The van der Waals surface area contributed by atoms with Gasteiger partial charge >= 0.3 is 5.88 Å². The minimum Gasteiger partial charge on any atom is -0.294 e. The number of aromatic nitrogens is 2. The zero-order valence-corrected chi connectivity index (χ0v) is 19.7. The Bertz CT molecular complexity index is 1350. The van der Waals surface area contributed by atoms with Gasteiger partial charge in [-0.05, 0) is 67.1 Å². The highest BCUT2D eigenvalue weighted by Crippen LogP contribution is 2.31. The van der Waals surface area contributed by atoms with Crippen LogP contribution in [0.5, 0.6) is 0 Å². The number of fused-ring (bicyclic) bond motifs is 2. The monoisotopic (exact) mass is 473 g/mol. The van der Waals surface area contributed by atoms with Gasteiger partial charge in [0, 0.05) is 36.8 Å². The highest BCUT2D eigenvalue weighted by Gasteiger charge is 2.21. The van der Waals surface area contributed by atoms with Crippen molar-refractivity contribution < 1.29 is 13.2 Å². The summed E-state index contributed by atoms with van der Waals surface area (Å²) in [5, 5.41) is 8.74. The van der Waals surface area contributed by atoms with Crippen LogP contribution in [0.25, 0.3) is 4.85 Å². The van der Waals surface area contributed by atoms with Gasteiger partial charge in [-0.25, -0.2) is 8.42 Å². The first-order chi connectivity index (χ1) is 16.4. The molecule has 0 saturated heterocycles. The number of nitriles is 1. The van der Waals surface area contributed by atoms with E-state index in [-0.39, 0.29) is 22.5 Å². The number of carbonyl (C=O) groups is 1. The summed E-state index contributed by atoms with van der Waals surface area (Å²) in [7, 11) is -3.32. The maximum atomic E-state index is 11.4. The van der Waals surface area contributed by atoms with Gasteiger partial charge in [-0.15, -0.1) is 0 Å². The van der Waals surface area contributed by atoms with Crippen LogP contribution in [0.2, 0.25) is 0 Å². The van der Waals surface area contributed by atoms with Gasteiger partial charge in [0.1, 0.15) is 0 Å². The molecule has 0 amide bonds. The Kier molecular flexibility index (Phi) is 8.24. The van der Waals surface area contributed by atoms with E-state index in [1.54, 1.807) is 42.9 Å². The highest BCUT2D eigenvalue weighted by molar-refractivity contribution is 7.91. The molecule has 5 rings (SSSR count). The van der Waals surface area contributed by atoms with Gasteiger partial charge in [0.2, 0.25) is 0 Å². The smallest absolute Gasteiger partial charge is 0.294 e. The van der Waals surface area contributed by atoms with Crippen molar-refractivity contribution in [3.8, 4) is 12.6 Å². The quantitative estimate of drug-likeness (QED) is 0.541. The van der Waals surface area contributed by atoms with Crippen LogP contribution in [0, 0.1) is 24.8 Å². The van der Waals surface area contributed by atoms with Crippen molar-refractivity contribution in [1.29, 1.82) is 5.26 Å². The molecule has 172 valence electrons. The lowest BCUT2D eigenvalue weighted by molar-refractivity contribution is 0.0994. The number of benzene rings is 1. The average Bonchev–Trinajstić information content (AvgIpc) is 3.44. The molecule has 2 heterocycles. The second-order valence-electron chi connectivity index (χ2n) is 7.99. The minimum absolute atomic E-state index is 0.0960. The molecule has 0 spiro atoms. The number of aryl methyl sites for hydroxylation is 3. The first-order valence-electron chi connectivity index (χ1n) is 10.8. The highest BCUT2D eigenvalue weighted by atomic mass is 32.2. The molecule has 2 aliphatic carbocycles. The van der Waals surface area contributed by atoms with Crippen LogP contribution in [-0.2, 0) is 22.7 Å². The molecule has 2 aromatic heterocycles. The molecule has 0 fully saturated rings. The van der Waals surface area contributed by atoms with Gasteiger partial charge in [-0.1, -0.05) is 22.5 Å². The molecular weight excluding hydrogens is 448 g/mol. The molecule has 1 atom stereocenters. The zero-order valence-electron chi connectivity index (χ0n) is 18.9. The third kappa shape index (κ3) is 6.12. The molecule has 0 saturated carbocycles. The molecule has 2 aliphatic rings. The third-order valence-corrected chi connectivity index (χ3v) is 7.12. The Labute approximate surface area is 199 Å². The maximum absolute atomic E-state index is 11.4. The predicted octanol–water partition coefficient (Wildman–Crippen LogP) is 4.53. The summed E-state index contributed by atoms with van der Waals surface area (Å²) in [6.07, 6.45) is 10.6. The lowest BCUT2D eigenvalue weighted by Crippen LogP contribution is -2.03. The molecule has 0 N–H and O–H groups in total. The van der Waals surface area contributed by atoms with E-state index in [1.807, 2.05) is 25.3 Å². The van der Waals surface area contributed by atoms with Crippen LogP contribution in [0.3, 0.4) is 0 Å². The minimum atomic E-state index is -3.32. The number of hydrogen-bond donors (Lipinski definition) is 0. The van der Waals surface area contributed by atoms with E-state index in [4.69, 9.17) is 11.8 Å². The Morgan fingerprint density at radius 3 is 2.35 bits per heavy atom. The zero-order chi connectivity index (χ0) is 24.6. The van der Waals surface area contributed by atoms with Crippen LogP contribution >= 0.6 is 0 Å². The van der Waals surface area contributed by atoms with E-state index < -0.39 is 9.84 Å². The normalized spacial score (nSPS) is 15.4. The number of ketones is 1. The molecule has 0 aliphatic heterocycles. The maximum Gasteiger partial charge on any atom is 0.364 e. The van der Waals surface area contributed by atoms with Gasteiger partial charge < -0.3 is 0 Å². The topological polar surface area (TPSA) is 105 Å². The third-order valence-electron chi connectivity index (χ3n) is 5.64. The number of pyridine rings is 2. The summed E-state index contributed by atoms with van der Waals surface area (Å²) < 4.78 is 22.7. The standard InChI is InChI=1S/C9H8N2.C9H10NO2S.C8H7NO/c10-5-8-2-1-7-3-4-11-6-9(7)8;1-8-3-5-9(6-4-8)13(11,12)7-10-2;10-8-2-1-6-3-4-9-5-7(6)8/h3-4,6,8H,1-2H2;2-6H,7H2,1H3;3-5H,1-2H2/q;+1;.